The summed E-state index contributed by atoms with van der Waals surface area (Å²) in [6, 6.07) is 0.0790. The Hall–Kier alpha value is -0.520. The van der Waals surface area contributed by atoms with Gasteiger partial charge in [0.15, 0.2) is 0 Å². The van der Waals surface area contributed by atoms with Gasteiger partial charge in [0.1, 0.15) is 16.4 Å². The van der Waals surface area contributed by atoms with Crippen molar-refractivity contribution in [3.05, 3.63) is 17.1 Å². The van der Waals surface area contributed by atoms with Crippen molar-refractivity contribution < 1.29 is 12.8 Å². The topological polar surface area (TPSA) is 50.5 Å². The van der Waals surface area contributed by atoms with E-state index in [4.69, 9.17) is 16.0 Å². The van der Waals surface area contributed by atoms with Crippen molar-refractivity contribution in [3.8, 4) is 0 Å². The molecule has 6 heteroatoms. The quantitative estimate of drug-likeness (QED) is 0.618. The fourth-order valence-corrected chi connectivity index (χ4v) is 5.39. The summed E-state index contributed by atoms with van der Waals surface area (Å²) in [6.45, 7) is 3.45. The fraction of sp³-hybridized carbons (Fsp3) is 0.733. The SMILES string of the molecule is Cc1oc(C)c(S(=O)(=O)N(C)C2CCCCCC2)c1CCl. The van der Waals surface area contributed by atoms with Gasteiger partial charge in [0, 0.05) is 18.7 Å². The summed E-state index contributed by atoms with van der Waals surface area (Å²) in [4.78, 5) is 0.266. The molecular formula is C15H24ClNO3S. The number of hydrogen-bond acceptors (Lipinski definition) is 3. The van der Waals surface area contributed by atoms with Gasteiger partial charge in [0.25, 0.3) is 0 Å². The molecule has 1 aliphatic carbocycles. The number of halogens is 1. The molecule has 0 radical (unpaired) electrons. The Morgan fingerprint density at radius 2 is 1.71 bits per heavy atom. The Bertz CT molecular complexity index is 586. The Balaban J connectivity index is 2.37. The van der Waals surface area contributed by atoms with Crippen LogP contribution in [0.4, 0.5) is 0 Å². The van der Waals surface area contributed by atoms with E-state index in [1.807, 2.05) is 0 Å². The molecule has 1 aliphatic rings. The Morgan fingerprint density at radius 1 is 1.14 bits per heavy atom. The molecule has 1 aromatic rings. The number of aryl methyl sites for hydroxylation is 2. The molecule has 0 spiro atoms. The summed E-state index contributed by atoms with van der Waals surface area (Å²) in [5.41, 5.74) is 0.592. The lowest BCUT2D eigenvalue weighted by Crippen LogP contribution is -2.37. The van der Waals surface area contributed by atoms with Crippen LogP contribution in [0.1, 0.15) is 55.6 Å². The average molecular weight is 334 g/mol. The van der Waals surface area contributed by atoms with Gasteiger partial charge in [-0.05, 0) is 26.7 Å². The molecule has 2 rings (SSSR count). The maximum atomic E-state index is 13.0. The third-order valence-electron chi connectivity index (χ3n) is 4.43. The normalized spacial score (nSPS) is 18.1. The molecule has 4 nitrogen and oxygen atoms in total. The van der Waals surface area contributed by atoms with E-state index in [1.165, 1.54) is 17.1 Å². The molecule has 0 aromatic carbocycles. The lowest BCUT2D eigenvalue weighted by molar-refractivity contribution is 0.335. The van der Waals surface area contributed by atoms with Crippen molar-refractivity contribution in [3.63, 3.8) is 0 Å². The van der Waals surface area contributed by atoms with Gasteiger partial charge in [0.05, 0.1) is 5.88 Å². The molecule has 0 amide bonds. The van der Waals surface area contributed by atoms with Crippen molar-refractivity contribution in [2.75, 3.05) is 7.05 Å². The van der Waals surface area contributed by atoms with Crippen LogP contribution in [-0.2, 0) is 15.9 Å². The third kappa shape index (κ3) is 3.30. The minimum atomic E-state index is -3.55. The van der Waals surface area contributed by atoms with Gasteiger partial charge < -0.3 is 4.42 Å². The molecule has 1 fully saturated rings. The summed E-state index contributed by atoms with van der Waals surface area (Å²) in [6.07, 6.45) is 6.44. The van der Waals surface area contributed by atoms with Crippen LogP contribution in [-0.4, -0.2) is 25.8 Å². The van der Waals surface area contributed by atoms with E-state index < -0.39 is 10.0 Å². The van der Waals surface area contributed by atoms with Crippen LogP contribution in [0, 0.1) is 13.8 Å². The number of sulfonamides is 1. The molecule has 0 atom stereocenters. The fourth-order valence-electron chi connectivity index (χ4n) is 3.16. The molecule has 0 saturated heterocycles. The van der Waals surface area contributed by atoms with Crippen molar-refractivity contribution in [1.29, 1.82) is 0 Å². The monoisotopic (exact) mass is 333 g/mol. The van der Waals surface area contributed by atoms with Crippen LogP contribution in [0.25, 0.3) is 0 Å². The van der Waals surface area contributed by atoms with Gasteiger partial charge >= 0.3 is 0 Å². The van der Waals surface area contributed by atoms with Crippen LogP contribution in [0.3, 0.4) is 0 Å². The maximum absolute atomic E-state index is 13.0. The number of alkyl halides is 1. The summed E-state index contributed by atoms with van der Waals surface area (Å²) >= 11 is 5.93. The number of furan rings is 1. The molecule has 21 heavy (non-hydrogen) atoms. The zero-order valence-electron chi connectivity index (χ0n) is 13.0. The van der Waals surface area contributed by atoms with Gasteiger partial charge in [-0.2, -0.15) is 4.31 Å². The van der Waals surface area contributed by atoms with Crippen molar-refractivity contribution in [2.24, 2.45) is 0 Å². The minimum absolute atomic E-state index is 0.0790. The first kappa shape index (κ1) is 16.8. The maximum Gasteiger partial charge on any atom is 0.246 e. The highest BCUT2D eigenvalue weighted by molar-refractivity contribution is 7.89. The highest BCUT2D eigenvalue weighted by atomic mass is 35.5. The summed E-state index contributed by atoms with van der Waals surface area (Å²) in [5, 5.41) is 0. The smallest absolute Gasteiger partial charge is 0.246 e. The van der Waals surface area contributed by atoms with Crippen molar-refractivity contribution in [2.45, 2.75) is 69.2 Å². The standard InChI is InChI=1S/C15H24ClNO3S/c1-11-14(10-16)15(12(2)20-11)21(18,19)17(3)13-8-6-4-5-7-9-13/h13H,4-10H2,1-3H3. The molecule has 1 saturated carbocycles. The first-order chi connectivity index (χ1) is 9.89. The van der Waals surface area contributed by atoms with Crippen LogP contribution >= 0.6 is 11.6 Å². The second-order valence-electron chi connectivity index (χ2n) is 5.82. The van der Waals surface area contributed by atoms with Gasteiger partial charge in [-0.15, -0.1) is 11.6 Å². The highest BCUT2D eigenvalue weighted by Gasteiger charge is 2.34. The van der Waals surface area contributed by atoms with Crippen LogP contribution in [0.5, 0.6) is 0 Å². The molecule has 1 heterocycles. The molecular weight excluding hydrogens is 310 g/mol. The molecule has 0 unspecified atom stereocenters. The van der Waals surface area contributed by atoms with E-state index in [0.29, 0.717) is 17.1 Å². The first-order valence-electron chi connectivity index (χ1n) is 7.52. The average Bonchev–Trinajstić information content (AvgIpc) is 2.62. The molecule has 1 aromatic heterocycles. The lowest BCUT2D eigenvalue weighted by atomic mass is 10.1. The van der Waals surface area contributed by atoms with E-state index >= 15 is 0 Å². The van der Waals surface area contributed by atoms with E-state index in [2.05, 4.69) is 0 Å². The van der Waals surface area contributed by atoms with Crippen LogP contribution < -0.4 is 0 Å². The highest BCUT2D eigenvalue weighted by Crippen LogP contribution is 2.32. The van der Waals surface area contributed by atoms with Crippen LogP contribution in [0.2, 0.25) is 0 Å². The van der Waals surface area contributed by atoms with Gasteiger partial charge in [-0.3, -0.25) is 0 Å². The predicted molar refractivity (Wildman–Crippen MR) is 84.2 cm³/mol. The van der Waals surface area contributed by atoms with Gasteiger partial charge in [-0.25, -0.2) is 8.42 Å². The largest absolute Gasteiger partial charge is 0.465 e. The Kier molecular flexibility index (Phi) is 5.38. The zero-order valence-corrected chi connectivity index (χ0v) is 14.6. The second-order valence-corrected chi connectivity index (χ2v) is 8.02. The Morgan fingerprint density at radius 3 is 2.24 bits per heavy atom. The summed E-state index contributed by atoms with van der Waals surface area (Å²) in [7, 11) is -1.87. The first-order valence-corrected chi connectivity index (χ1v) is 9.50. The predicted octanol–water partition coefficient (Wildman–Crippen LogP) is 3.98. The number of nitrogens with zero attached hydrogens (tertiary/aromatic N) is 1. The molecule has 120 valence electrons. The molecule has 0 bridgehead atoms. The number of rotatable bonds is 4. The minimum Gasteiger partial charge on any atom is -0.465 e. The molecule has 0 aliphatic heterocycles. The van der Waals surface area contributed by atoms with E-state index in [1.54, 1.807) is 20.9 Å². The Labute approximate surface area is 132 Å². The van der Waals surface area contributed by atoms with Crippen molar-refractivity contribution in [1.82, 2.24) is 4.31 Å². The summed E-state index contributed by atoms with van der Waals surface area (Å²) < 4.78 is 33.0. The number of hydrogen-bond donors (Lipinski definition) is 0. The lowest BCUT2D eigenvalue weighted by Gasteiger charge is -2.26. The van der Waals surface area contributed by atoms with E-state index in [-0.39, 0.29) is 16.8 Å². The summed E-state index contributed by atoms with van der Waals surface area (Å²) in [5.74, 6) is 1.18. The second kappa shape index (κ2) is 6.71. The van der Waals surface area contributed by atoms with E-state index in [0.717, 1.165) is 25.7 Å². The van der Waals surface area contributed by atoms with Gasteiger partial charge in [0.2, 0.25) is 10.0 Å². The van der Waals surface area contributed by atoms with E-state index in [9.17, 15) is 8.42 Å². The van der Waals surface area contributed by atoms with Crippen molar-refractivity contribution >= 4 is 21.6 Å². The molecule has 0 N–H and O–H groups in total. The van der Waals surface area contributed by atoms with Gasteiger partial charge in [-0.1, -0.05) is 25.7 Å². The zero-order chi connectivity index (χ0) is 15.6. The third-order valence-corrected chi connectivity index (χ3v) is 6.81. The van der Waals surface area contributed by atoms with Crippen LogP contribution in [0.15, 0.2) is 9.31 Å².